The van der Waals surface area contributed by atoms with Crippen LogP contribution in [0.2, 0.25) is 10.0 Å². The van der Waals surface area contributed by atoms with E-state index in [1.54, 1.807) is 11.0 Å². The summed E-state index contributed by atoms with van der Waals surface area (Å²) >= 11 is 12.1. The number of benzene rings is 1. The number of halogens is 2. The highest BCUT2D eigenvalue weighted by Crippen LogP contribution is 2.32. The van der Waals surface area contributed by atoms with Crippen LogP contribution in [0.4, 0.5) is 10.5 Å². The molecule has 29 heavy (non-hydrogen) atoms. The lowest BCUT2D eigenvalue weighted by molar-refractivity contribution is -0.131. The molecule has 2 fully saturated rings. The van der Waals surface area contributed by atoms with E-state index in [0.29, 0.717) is 42.0 Å². The molecule has 0 aromatic heterocycles. The lowest BCUT2D eigenvalue weighted by atomic mass is 10.1. The summed E-state index contributed by atoms with van der Waals surface area (Å²) in [6, 6.07) is 5.12. The van der Waals surface area contributed by atoms with Gasteiger partial charge in [-0.3, -0.25) is 14.9 Å². The van der Waals surface area contributed by atoms with Crippen LogP contribution >= 0.6 is 23.2 Å². The van der Waals surface area contributed by atoms with Gasteiger partial charge in [0, 0.05) is 50.7 Å². The molecule has 7 nitrogen and oxygen atoms in total. The highest BCUT2D eigenvalue weighted by Gasteiger charge is 2.27. The third kappa shape index (κ3) is 6.24. The van der Waals surface area contributed by atoms with E-state index in [9.17, 15) is 14.4 Å². The lowest BCUT2D eigenvalue weighted by Crippen LogP contribution is -2.54. The number of anilines is 1. The van der Waals surface area contributed by atoms with Gasteiger partial charge in [-0.05, 0) is 43.9 Å². The van der Waals surface area contributed by atoms with Crippen molar-refractivity contribution in [2.24, 2.45) is 5.92 Å². The Labute approximate surface area is 180 Å². The van der Waals surface area contributed by atoms with Gasteiger partial charge in [0.1, 0.15) is 0 Å². The third-order valence-corrected chi connectivity index (χ3v) is 6.00. The van der Waals surface area contributed by atoms with Crippen molar-refractivity contribution in [2.75, 3.05) is 31.1 Å². The molecule has 3 rings (SSSR count). The average Bonchev–Trinajstić information content (AvgIpc) is 3.47. The summed E-state index contributed by atoms with van der Waals surface area (Å²) in [6.07, 6.45) is 2.71. The van der Waals surface area contributed by atoms with E-state index >= 15 is 0 Å². The van der Waals surface area contributed by atoms with Gasteiger partial charge in [-0.15, -0.1) is 0 Å². The maximum atomic E-state index is 12.5. The number of urea groups is 1. The Hall–Kier alpha value is -1.99. The van der Waals surface area contributed by atoms with Gasteiger partial charge >= 0.3 is 6.03 Å². The van der Waals surface area contributed by atoms with Crippen molar-refractivity contribution in [3.63, 3.8) is 0 Å². The summed E-state index contributed by atoms with van der Waals surface area (Å²) in [5.74, 6) is 0.146. The highest BCUT2D eigenvalue weighted by atomic mass is 35.5. The number of carbonyl (C=O) groups excluding carboxylic acids is 3. The Morgan fingerprint density at radius 3 is 2.55 bits per heavy atom. The number of carbonyl (C=O) groups is 3. The highest BCUT2D eigenvalue weighted by molar-refractivity contribution is 6.42. The topological polar surface area (TPSA) is 81.8 Å². The van der Waals surface area contributed by atoms with Crippen LogP contribution in [0.1, 0.15) is 32.6 Å². The molecule has 1 aliphatic carbocycles. The minimum absolute atomic E-state index is 0.0183. The van der Waals surface area contributed by atoms with E-state index in [-0.39, 0.29) is 30.8 Å². The van der Waals surface area contributed by atoms with Crippen molar-refractivity contribution >= 4 is 46.7 Å². The molecule has 0 unspecified atom stereocenters. The van der Waals surface area contributed by atoms with Gasteiger partial charge in [0.2, 0.25) is 11.8 Å². The molecule has 4 amide bonds. The normalized spacial score (nSPS) is 19.1. The fourth-order valence-corrected chi connectivity index (χ4v) is 3.77. The monoisotopic (exact) mass is 440 g/mol. The van der Waals surface area contributed by atoms with Crippen LogP contribution in [-0.4, -0.2) is 55.0 Å². The summed E-state index contributed by atoms with van der Waals surface area (Å²) in [4.78, 5) is 39.8. The molecule has 2 N–H and O–H groups in total. The Morgan fingerprint density at radius 1 is 1.14 bits per heavy atom. The van der Waals surface area contributed by atoms with Gasteiger partial charge in [0.05, 0.1) is 10.0 Å². The van der Waals surface area contributed by atoms with Gasteiger partial charge in [0.15, 0.2) is 0 Å². The van der Waals surface area contributed by atoms with Crippen LogP contribution in [0.3, 0.4) is 0 Å². The van der Waals surface area contributed by atoms with Crippen LogP contribution in [-0.2, 0) is 9.59 Å². The van der Waals surface area contributed by atoms with Crippen LogP contribution in [0.25, 0.3) is 0 Å². The average molecular weight is 441 g/mol. The smallest absolute Gasteiger partial charge is 0.321 e. The number of piperazine rings is 1. The fourth-order valence-electron chi connectivity index (χ4n) is 3.48. The molecule has 1 aliphatic heterocycles. The van der Waals surface area contributed by atoms with E-state index in [4.69, 9.17) is 23.2 Å². The maximum absolute atomic E-state index is 12.5. The predicted octanol–water partition coefficient (Wildman–Crippen LogP) is 3.05. The summed E-state index contributed by atoms with van der Waals surface area (Å²) < 4.78 is 0. The second-order valence-electron chi connectivity index (χ2n) is 7.68. The molecule has 158 valence electrons. The van der Waals surface area contributed by atoms with E-state index < -0.39 is 6.03 Å². The van der Waals surface area contributed by atoms with Crippen molar-refractivity contribution in [3.8, 4) is 0 Å². The predicted molar refractivity (Wildman–Crippen MR) is 113 cm³/mol. The SMILES string of the molecule is C[C@H]1CN(C(=O)CCNC(=O)NC(=O)CC2CC2)CCN1c1ccc(Cl)c(Cl)c1. The van der Waals surface area contributed by atoms with Gasteiger partial charge in [0.25, 0.3) is 0 Å². The van der Waals surface area contributed by atoms with Gasteiger partial charge in [-0.1, -0.05) is 23.2 Å². The zero-order chi connectivity index (χ0) is 21.0. The first kappa shape index (κ1) is 21.7. The summed E-state index contributed by atoms with van der Waals surface area (Å²) in [5, 5.41) is 5.91. The summed E-state index contributed by atoms with van der Waals surface area (Å²) in [5.41, 5.74) is 0.980. The van der Waals surface area contributed by atoms with Crippen molar-refractivity contribution < 1.29 is 14.4 Å². The first-order valence-electron chi connectivity index (χ1n) is 9.90. The Bertz CT molecular complexity index is 785. The molecule has 1 aromatic carbocycles. The number of nitrogens with one attached hydrogen (secondary N) is 2. The second kappa shape index (κ2) is 9.67. The maximum Gasteiger partial charge on any atom is 0.321 e. The van der Waals surface area contributed by atoms with E-state index in [1.165, 1.54) is 0 Å². The molecule has 1 aromatic rings. The first-order chi connectivity index (χ1) is 13.8. The van der Waals surface area contributed by atoms with Crippen LogP contribution in [0, 0.1) is 5.92 Å². The Balaban J connectivity index is 1.40. The van der Waals surface area contributed by atoms with Gasteiger partial charge in [-0.2, -0.15) is 0 Å². The standard InChI is InChI=1S/C20H26Cl2N4O3/c1-13-12-25(8-9-26(13)15-4-5-16(21)17(22)11-15)19(28)6-7-23-20(29)24-18(27)10-14-2-3-14/h4-5,11,13-14H,2-3,6-10,12H2,1H3,(H2,23,24,27,29)/t13-/m0/s1. The van der Waals surface area contributed by atoms with Crippen molar-refractivity contribution in [3.05, 3.63) is 28.2 Å². The molecule has 0 radical (unpaired) electrons. The third-order valence-electron chi connectivity index (χ3n) is 5.26. The Morgan fingerprint density at radius 2 is 1.90 bits per heavy atom. The van der Waals surface area contributed by atoms with Crippen LogP contribution in [0.5, 0.6) is 0 Å². The van der Waals surface area contributed by atoms with Crippen molar-refractivity contribution in [1.82, 2.24) is 15.5 Å². The van der Waals surface area contributed by atoms with Crippen LogP contribution < -0.4 is 15.5 Å². The van der Waals surface area contributed by atoms with Crippen LogP contribution in [0.15, 0.2) is 18.2 Å². The summed E-state index contributed by atoms with van der Waals surface area (Å²) in [6.45, 7) is 4.12. The van der Waals surface area contributed by atoms with E-state index in [1.807, 2.05) is 12.1 Å². The fraction of sp³-hybridized carbons (Fsp3) is 0.550. The zero-order valence-electron chi connectivity index (χ0n) is 16.4. The second-order valence-corrected chi connectivity index (χ2v) is 8.50. The van der Waals surface area contributed by atoms with Gasteiger partial charge < -0.3 is 15.1 Å². The first-order valence-corrected chi connectivity index (χ1v) is 10.7. The molecular weight excluding hydrogens is 415 g/mol. The zero-order valence-corrected chi connectivity index (χ0v) is 17.9. The number of hydrogen-bond acceptors (Lipinski definition) is 4. The molecular formula is C20H26Cl2N4O3. The number of amides is 4. The Kier molecular flexibility index (Phi) is 7.24. The van der Waals surface area contributed by atoms with Gasteiger partial charge in [-0.25, -0.2) is 4.79 Å². The van der Waals surface area contributed by atoms with E-state index in [2.05, 4.69) is 22.5 Å². The van der Waals surface area contributed by atoms with E-state index in [0.717, 1.165) is 18.5 Å². The number of nitrogens with zero attached hydrogens (tertiary/aromatic N) is 2. The molecule has 0 bridgehead atoms. The number of rotatable bonds is 6. The number of hydrogen-bond donors (Lipinski definition) is 2. The minimum atomic E-state index is -0.541. The molecule has 1 saturated carbocycles. The number of imide groups is 1. The minimum Gasteiger partial charge on any atom is -0.365 e. The lowest BCUT2D eigenvalue weighted by Gasteiger charge is -2.41. The molecule has 2 aliphatic rings. The molecule has 9 heteroatoms. The molecule has 0 spiro atoms. The molecule has 1 heterocycles. The van der Waals surface area contributed by atoms with Crippen molar-refractivity contribution in [2.45, 2.75) is 38.6 Å². The summed E-state index contributed by atoms with van der Waals surface area (Å²) in [7, 11) is 0. The largest absolute Gasteiger partial charge is 0.365 e. The molecule has 1 atom stereocenters. The molecule has 1 saturated heterocycles. The quantitative estimate of drug-likeness (QED) is 0.711. The van der Waals surface area contributed by atoms with Crippen molar-refractivity contribution in [1.29, 1.82) is 0 Å².